The molecule has 0 spiro atoms. The van der Waals surface area contributed by atoms with Crippen LogP contribution in [0.2, 0.25) is 0 Å². The number of aryl methyl sites for hydroxylation is 1. The van der Waals surface area contributed by atoms with Crippen molar-refractivity contribution in [2.45, 2.75) is 42.1 Å². The molecular weight excluding hydrogens is 398 g/mol. The second-order valence-electron chi connectivity index (χ2n) is 6.45. The summed E-state index contributed by atoms with van der Waals surface area (Å²) < 4.78 is 7.99. The highest BCUT2D eigenvalue weighted by molar-refractivity contribution is 7.99. The van der Waals surface area contributed by atoms with E-state index in [9.17, 15) is 0 Å². The van der Waals surface area contributed by atoms with Crippen LogP contribution in [-0.2, 0) is 18.7 Å². The smallest absolute Gasteiger partial charge is 0.191 e. The maximum absolute atomic E-state index is 5.84. The molecule has 0 aliphatic carbocycles. The molecule has 0 unspecified atom stereocenters. The Morgan fingerprint density at radius 3 is 2.55 bits per heavy atom. The van der Waals surface area contributed by atoms with Crippen molar-refractivity contribution in [1.29, 1.82) is 0 Å². The minimum absolute atomic E-state index is 0.699. The van der Waals surface area contributed by atoms with E-state index < -0.39 is 0 Å². The van der Waals surface area contributed by atoms with Gasteiger partial charge in [-0.1, -0.05) is 55.1 Å². The van der Waals surface area contributed by atoms with Gasteiger partial charge >= 0.3 is 0 Å². The first-order valence-electron chi connectivity index (χ1n) is 9.85. The first-order chi connectivity index (χ1) is 14.3. The molecule has 0 aliphatic heterocycles. The largest absolute Gasteiger partial charge is 0.494 e. The number of thioether (sulfide) groups is 2. The molecule has 0 bridgehead atoms. The van der Waals surface area contributed by atoms with Crippen LogP contribution in [0.1, 0.15) is 24.7 Å². The lowest BCUT2D eigenvalue weighted by molar-refractivity contribution is 0.318. The Kier molecular flexibility index (Phi) is 8.71. The molecule has 0 fully saturated rings. The third-order valence-electron chi connectivity index (χ3n) is 4.34. The Balaban J connectivity index is 1.46. The van der Waals surface area contributed by atoms with E-state index in [4.69, 9.17) is 4.74 Å². The Hall–Kier alpha value is -2.18. The molecule has 1 heterocycles. The van der Waals surface area contributed by atoms with E-state index >= 15 is 0 Å². The van der Waals surface area contributed by atoms with Crippen molar-refractivity contribution in [3.05, 3.63) is 78.6 Å². The summed E-state index contributed by atoms with van der Waals surface area (Å²) in [4.78, 5) is 1.24. The molecule has 0 N–H and O–H groups in total. The van der Waals surface area contributed by atoms with Gasteiger partial charge in [-0.3, -0.25) is 0 Å². The third-order valence-corrected chi connectivity index (χ3v) is 6.40. The summed E-state index contributed by atoms with van der Waals surface area (Å²) in [5, 5.41) is 9.75. The summed E-state index contributed by atoms with van der Waals surface area (Å²) in [5.41, 5.74) is 1.33. The van der Waals surface area contributed by atoms with Crippen molar-refractivity contribution in [3.63, 3.8) is 0 Å². The summed E-state index contributed by atoms with van der Waals surface area (Å²) in [7, 11) is 0. The van der Waals surface area contributed by atoms with Gasteiger partial charge in [-0.2, -0.15) is 0 Å². The lowest BCUT2D eigenvalue weighted by Gasteiger charge is -2.08. The maximum atomic E-state index is 5.84. The van der Waals surface area contributed by atoms with Gasteiger partial charge < -0.3 is 9.30 Å². The fraction of sp³-hybridized carbons (Fsp3) is 0.304. The van der Waals surface area contributed by atoms with Crippen LogP contribution < -0.4 is 4.74 Å². The number of rotatable bonds is 12. The maximum Gasteiger partial charge on any atom is 0.191 e. The van der Waals surface area contributed by atoms with Crippen LogP contribution in [0.4, 0.5) is 0 Å². The van der Waals surface area contributed by atoms with E-state index in [1.807, 2.05) is 24.3 Å². The number of ether oxygens (including phenoxy) is 1. The fourth-order valence-corrected chi connectivity index (χ4v) is 4.48. The molecule has 4 nitrogen and oxygen atoms in total. The second kappa shape index (κ2) is 11.7. The van der Waals surface area contributed by atoms with Crippen molar-refractivity contribution < 1.29 is 4.74 Å². The minimum atomic E-state index is 0.699. The predicted octanol–water partition coefficient (Wildman–Crippen LogP) is 5.88. The van der Waals surface area contributed by atoms with Crippen LogP contribution in [-0.4, -0.2) is 27.1 Å². The number of benzene rings is 2. The quantitative estimate of drug-likeness (QED) is 0.206. The summed E-state index contributed by atoms with van der Waals surface area (Å²) in [6.45, 7) is 7.46. The molecule has 3 aromatic rings. The molecule has 0 radical (unpaired) electrons. The molecule has 0 aliphatic rings. The summed E-state index contributed by atoms with van der Waals surface area (Å²) in [6, 6.07) is 18.7. The molecule has 2 aromatic carbocycles. The Bertz CT molecular complexity index is 879. The lowest BCUT2D eigenvalue weighted by atomic mass is 10.2. The van der Waals surface area contributed by atoms with Crippen molar-refractivity contribution in [3.8, 4) is 5.75 Å². The van der Waals surface area contributed by atoms with Gasteiger partial charge in [0.1, 0.15) is 11.6 Å². The zero-order valence-electron chi connectivity index (χ0n) is 16.8. The molecular formula is C23H27N3OS2. The average Bonchev–Trinajstić information content (AvgIpc) is 3.15. The Morgan fingerprint density at radius 2 is 1.83 bits per heavy atom. The van der Waals surface area contributed by atoms with Crippen molar-refractivity contribution >= 4 is 23.5 Å². The standard InChI is InChI=1S/C23H27N3OS2/c1-3-15-26-22(18-29-21-9-6-5-7-10-21)24-25-23(26)28-17-8-16-27-20-13-11-19(4-2)12-14-20/h3,5-7,9-14H,1,4,8,15-18H2,2H3. The van der Waals surface area contributed by atoms with E-state index in [2.05, 4.69) is 64.7 Å². The van der Waals surface area contributed by atoms with E-state index in [-0.39, 0.29) is 0 Å². The lowest BCUT2D eigenvalue weighted by Crippen LogP contribution is -2.04. The van der Waals surface area contributed by atoms with Crippen LogP contribution in [0.25, 0.3) is 0 Å². The van der Waals surface area contributed by atoms with Crippen molar-refractivity contribution in [2.24, 2.45) is 0 Å². The fourth-order valence-electron chi connectivity index (χ4n) is 2.74. The van der Waals surface area contributed by atoms with Gasteiger partial charge in [0, 0.05) is 17.2 Å². The van der Waals surface area contributed by atoms with Crippen LogP contribution >= 0.6 is 23.5 Å². The first kappa shape index (κ1) is 21.5. The van der Waals surface area contributed by atoms with Gasteiger partial charge in [0.15, 0.2) is 5.16 Å². The predicted molar refractivity (Wildman–Crippen MR) is 123 cm³/mol. The Labute approximate surface area is 181 Å². The molecule has 152 valence electrons. The molecule has 3 rings (SSSR count). The third kappa shape index (κ3) is 6.68. The normalized spacial score (nSPS) is 10.8. The minimum Gasteiger partial charge on any atom is -0.494 e. The van der Waals surface area contributed by atoms with Gasteiger partial charge in [0.25, 0.3) is 0 Å². The zero-order valence-corrected chi connectivity index (χ0v) is 18.4. The van der Waals surface area contributed by atoms with Crippen LogP contribution in [0, 0.1) is 0 Å². The van der Waals surface area contributed by atoms with Gasteiger partial charge in [-0.15, -0.1) is 28.5 Å². The van der Waals surface area contributed by atoms with Crippen LogP contribution in [0.5, 0.6) is 5.75 Å². The van der Waals surface area contributed by atoms with E-state index in [1.54, 1.807) is 23.5 Å². The topological polar surface area (TPSA) is 39.9 Å². The summed E-state index contributed by atoms with van der Waals surface area (Å²) in [6.07, 6.45) is 3.90. The number of allylic oxidation sites excluding steroid dienone is 1. The van der Waals surface area contributed by atoms with Crippen molar-refractivity contribution in [1.82, 2.24) is 14.8 Å². The molecule has 6 heteroatoms. The number of aromatic nitrogens is 3. The van der Waals surface area contributed by atoms with E-state index in [0.717, 1.165) is 47.6 Å². The summed E-state index contributed by atoms with van der Waals surface area (Å²) >= 11 is 3.50. The summed E-state index contributed by atoms with van der Waals surface area (Å²) in [5.74, 6) is 3.65. The number of hydrogen-bond donors (Lipinski definition) is 0. The molecule has 29 heavy (non-hydrogen) atoms. The molecule has 1 aromatic heterocycles. The highest BCUT2D eigenvalue weighted by Gasteiger charge is 2.12. The molecule has 0 atom stereocenters. The first-order valence-corrected chi connectivity index (χ1v) is 11.8. The average molecular weight is 426 g/mol. The van der Waals surface area contributed by atoms with Crippen LogP contribution in [0.15, 0.2) is 77.3 Å². The van der Waals surface area contributed by atoms with Gasteiger partial charge in [-0.25, -0.2) is 0 Å². The Morgan fingerprint density at radius 1 is 1.03 bits per heavy atom. The van der Waals surface area contributed by atoms with E-state index in [0.29, 0.717) is 6.61 Å². The van der Waals surface area contributed by atoms with Gasteiger partial charge in [0.2, 0.25) is 0 Å². The van der Waals surface area contributed by atoms with Gasteiger partial charge in [0.05, 0.1) is 12.4 Å². The van der Waals surface area contributed by atoms with Crippen LogP contribution in [0.3, 0.4) is 0 Å². The van der Waals surface area contributed by atoms with E-state index in [1.165, 1.54) is 10.5 Å². The molecule has 0 saturated heterocycles. The SMILES string of the molecule is C=CCn1c(CSc2ccccc2)nnc1SCCCOc1ccc(CC)cc1. The zero-order chi connectivity index (χ0) is 20.3. The molecule has 0 saturated carbocycles. The highest BCUT2D eigenvalue weighted by atomic mass is 32.2. The second-order valence-corrected chi connectivity index (χ2v) is 8.56. The monoisotopic (exact) mass is 425 g/mol. The highest BCUT2D eigenvalue weighted by Crippen LogP contribution is 2.25. The number of nitrogens with zero attached hydrogens (tertiary/aromatic N) is 3. The molecule has 0 amide bonds. The number of hydrogen-bond acceptors (Lipinski definition) is 5. The van der Waals surface area contributed by atoms with Crippen molar-refractivity contribution in [2.75, 3.05) is 12.4 Å². The van der Waals surface area contributed by atoms with Gasteiger partial charge in [-0.05, 0) is 42.7 Å².